The lowest BCUT2D eigenvalue weighted by molar-refractivity contribution is -0.0797. The Morgan fingerprint density at radius 2 is 1.83 bits per heavy atom. The summed E-state index contributed by atoms with van der Waals surface area (Å²) in [6.07, 6.45) is 0.314. The molecule has 1 aromatic rings. The SMILES string of the molecule is C=C.CC1COCCO1.COc1ccc(Br)cc1. The van der Waals surface area contributed by atoms with E-state index in [0.717, 1.165) is 30.0 Å². The van der Waals surface area contributed by atoms with Crippen molar-refractivity contribution in [2.24, 2.45) is 0 Å². The molecule has 0 radical (unpaired) electrons. The quantitative estimate of drug-likeness (QED) is 0.740. The van der Waals surface area contributed by atoms with Crippen LogP contribution in [0.5, 0.6) is 5.75 Å². The molecule has 0 aliphatic carbocycles. The minimum atomic E-state index is 0.314. The second-order valence-electron chi connectivity index (χ2n) is 3.41. The van der Waals surface area contributed by atoms with Crippen molar-refractivity contribution in [1.29, 1.82) is 0 Å². The lowest BCUT2D eigenvalue weighted by Gasteiger charge is -2.18. The number of halogens is 1. The van der Waals surface area contributed by atoms with Gasteiger partial charge in [-0.1, -0.05) is 15.9 Å². The molecule has 0 spiro atoms. The van der Waals surface area contributed by atoms with Gasteiger partial charge >= 0.3 is 0 Å². The standard InChI is InChI=1S/C7H7BrO.C5H10O2.C2H4/c1-9-7-4-2-6(8)3-5-7;1-5-4-6-2-3-7-5;1-2/h2-5H,1H3;5H,2-4H2,1H3;1-2H2. The number of ether oxygens (including phenoxy) is 3. The van der Waals surface area contributed by atoms with E-state index in [1.54, 1.807) is 7.11 Å². The molecule has 18 heavy (non-hydrogen) atoms. The van der Waals surface area contributed by atoms with Gasteiger partial charge in [0, 0.05) is 4.47 Å². The maximum absolute atomic E-state index is 5.15. The summed E-state index contributed by atoms with van der Waals surface area (Å²) < 4.78 is 16.2. The Morgan fingerprint density at radius 1 is 1.22 bits per heavy atom. The Hall–Kier alpha value is -0.840. The predicted octanol–water partition coefficient (Wildman–Crippen LogP) is 3.68. The van der Waals surface area contributed by atoms with E-state index in [0.29, 0.717) is 6.10 Å². The molecule has 1 atom stereocenters. The van der Waals surface area contributed by atoms with Crippen molar-refractivity contribution in [3.8, 4) is 5.75 Å². The Kier molecular flexibility index (Phi) is 10.7. The van der Waals surface area contributed by atoms with Crippen molar-refractivity contribution in [3.63, 3.8) is 0 Å². The van der Waals surface area contributed by atoms with Crippen LogP contribution >= 0.6 is 15.9 Å². The van der Waals surface area contributed by atoms with E-state index in [9.17, 15) is 0 Å². The van der Waals surface area contributed by atoms with Gasteiger partial charge in [0.1, 0.15) is 5.75 Å². The van der Waals surface area contributed by atoms with Crippen LogP contribution in [0, 0.1) is 0 Å². The maximum Gasteiger partial charge on any atom is 0.118 e. The molecular weight excluding hydrogens is 296 g/mol. The van der Waals surface area contributed by atoms with Crippen molar-refractivity contribution in [3.05, 3.63) is 41.9 Å². The maximum atomic E-state index is 5.15. The third kappa shape index (κ3) is 8.28. The minimum absolute atomic E-state index is 0.314. The molecule has 1 unspecified atom stereocenters. The zero-order valence-electron chi connectivity index (χ0n) is 11.0. The summed E-state index contributed by atoms with van der Waals surface area (Å²) in [6, 6.07) is 7.70. The normalized spacial score (nSPS) is 17.6. The lowest BCUT2D eigenvalue weighted by atomic mass is 10.3. The molecule has 0 saturated carbocycles. The molecule has 0 N–H and O–H groups in total. The zero-order valence-corrected chi connectivity index (χ0v) is 12.6. The van der Waals surface area contributed by atoms with Crippen LogP contribution in [0.4, 0.5) is 0 Å². The lowest BCUT2D eigenvalue weighted by Crippen LogP contribution is -2.25. The van der Waals surface area contributed by atoms with Crippen LogP contribution in [-0.2, 0) is 9.47 Å². The molecule has 1 heterocycles. The van der Waals surface area contributed by atoms with Crippen LogP contribution in [0.3, 0.4) is 0 Å². The van der Waals surface area contributed by atoms with Gasteiger partial charge in [-0.25, -0.2) is 0 Å². The van der Waals surface area contributed by atoms with Gasteiger partial charge in [-0.15, -0.1) is 13.2 Å². The van der Waals surface area contributed by atoms with Crippen molar-refractivity contribution < 1.29 is 14.2 Å². The second-order valence-corrected chi connectivity index (χ2v) is 4.33. The topological polar surface area (TPSA) is 27.7 Å². The molecule has 102 valence electrons. The van der Waals surface area contributed by atoms with Crippen molar-refractivity contribution >= 4 is 15.9 Å². The van der Waals surface area contributed by atoms with Crippen LogP contribution in [-0.4, -0.2) is 33.0 Å². The third-order valence-electron chi connectivity index (χ3n) is 2.03. The van der Waals surface area contributed by atoms with Crippen LogP contribution in [0.2, 0.25) is 0 Å². The Labute approximate surface area is 118 Å². The van der Waals surface area contributed by atoms with Gasteiger partial charge in [-0.2, -0.15) is 0 Å². The van der Waals surface area contributed by atoms with E-state index in [1.165, 1.54) is 0 Å². The van der Waals surface area contributed by atoms with E-state index in [4.69, 9.17) is 14.2 Å². The van der Waals surface area contributed by atoms with Gasteiger partial charge in [0.05, 0.1) is 33.0 Å². The first-order valence-electron chi connectivity index (χ1n) is 5.71. The molecule has 1 fully saturated rings. The second kappa shape index (κ2) is 11.3. The Morgan fingerprint density at radius 3 is 2.17 bits per heavy atom. The highest BCUT2D eigenvalue weighted by atomic mass is 79.9. The zero-order chi connectivity index (χ0) is 13.8. The molecule has 1 aromatic carbocycles. The first kappa shape index (κ1) is 17.2. The van der Waals surface area contributed by atoms with Crippen molar-refractivity contribution in [2.75, 3.05) is 26.9 Å². The largest absolute Gasteiger partial charge is 0.497 e. The molecule has 3 nitrogen and oxygen atoms in total. The summed E-state index contributed by atoms with van der Waals surface area (Å²) in [4.78, 5) is 0. The van der Waals surface area contributed by atoms with Gasteiger partial charge in [-0.05, 0) is 31.2 Å². The van der Waals surface area contributed by atoms with Crippen LogP contribution < -0.4 is 4.74 Å². The fourth-order valence-electron chi connectivity index (χ4n) is 1.18. The average molecular weight is 317 g/mol. The van der Waals surface area contributed by atoms with Crippen molar-refractivity contribution in [2.45, 2.75) is 13.0 Å². The number of hydrogen-bond donors (Lipinski definition) is 0. The fraction of sp³-hybridized carbons (Fsp3) is 0.429. The highest BCUT2D eigenvalue weighted by molar-refractivity contribution is 9.10. The average Bonchev–Trinajstić information content (AvgIpc) is 2.43. The summed E-state index contributed by atoms with van der Waals surface area (Å²) in [5.41, 5.74) is 0. The molecule has 4 heteroatoms. The molecular formula is C14H21BrO3. The number of methoxy groups -OCH3 is 1. The van der Waals surface area contributed by atoms with E-state index in [1.807, 2.05) is 31.2 Å². The van der Waals surface area contributed by atoms with Gasteiger partial charge < -0.3 is 14.2 Å². The fourth-order valence-corrected chi connectivity index (χ4v) is 1.44. The van der Waals surface area contributed by atoms with Crippen LogP contribution in [0.25, 0.3) is 0 Å². The summed E-state index contributed by atoms with van der Waals surface area (Å²) in [7, 11) is 1.66. The smallest absolute Gasteiger partial charge is 0.118 e. The number of benzene rings is 1. The molecule has 1 aliphatic rings. The first-order valence-corrected chi connectivity index (χ1v) is 6.50. The molecule has 0 aromatic heterocycles. The summed E-state index contributed by atoms with van der Waals surface area (Å²) in [6.45, 7) is 10.3. The monoisotopic (exact) mass is 316 g/mol. The van der Waals surface area contributed by atoms with E-state index < -0.39 is 0 Å². The summed E-state index contributed by atoms with van der Waals surface area (Å²) in [5, 5.41) is 0. The van der Waals surface area contributed by atoms with Gasteiger partial charge in [-0.3, -0.25) is 0 Å². The Bertz CT molecular complexity index is 294. The molecule has 0 amide bonds. The summed E-state index contributed by atoms with van der Waals surface area (Å²) in [5.74, 6) is 0.887. The summed E-state index contributed by atoms with van der Waals surface area (Å²) >= 11 is 3.32. The minimum Gasteiger partial charge on any atom is -0.497 e. The van der Waals surface area contributed by atoms with Crippen LogP contribution in [0.15, 0.2) is 41.9 Å². The number of hydrogen-bond acceptors (Lipinski definition) is 3. The van der Waals surface area contributed by atoms with E-state index >= 15 is 0 Å². The van der Waals surface area contributed by atoms with Gasteiger partial charge in [0.25, 0.3) is 0 Å². The third-order valence-corrected chi connectivity index (χ3v) is 2.56. The molecule has 0 bridgehead atoms. The van der Waals surface area contributed by atoms with Gasteiger partial charge in [0.2, 0.25) is 0 Å². The predicted molar refractivity (Wildman–Crippen MR) is 78.2 cm³/mol. The Balaban J connectivity index is 0.000000289. The molecule has 1 aliphatic heterocycles. The first-order chi connectivity index (χ1) is 8.72. The van der Waals surface area contributed by atoms with E-state index in [-0.39, 0.29) is 0 Å². The van der Waals surface area contributed by atoms with Crippen molar-refractivity contribution in [1.82, 2.24) is 0 Å². The highest BCUT2D eigenvalue weighted by Crippen LogP contribution is 2.14. The van der Waals surface area contributed by atoms with E-state index in [2.05, 4.69) is 29.1 Å². The highest BCUT2D eigenvalue weighted by Gasteiger charge is 2.06. The molecule has 1 saturated heterocycles. The van der Waals surface area contributed by atoms with Crippen LogP contribution in [0.1, 0.15) is 6.92 Å². The number of rotatable bonds is 1. The van der Waals surface area contributed by atoms with Gasteiger partial charge in [0.15, 0.2) is 0 Å². The molecule has 2 rings (SSSR count).